The summed E-state index contributed by atoms with van der Waals surface area (Å²) in [5.74, 6) is 0. The van der Waals surface area contributed by atoms with Crippen LogP contribution in [0.2, 0.25) is 0 Å². The van der Waals surface area contributed by atoms with E-state index in [4.69, 9.17) is 0 Å². The number of unbranched alkanes of at least 4 members (excludes halogenated alkanes) is 6. The maximum Gasteiger partial charge on any atom is 0.00313 e. The Morgan fingerprint density at radius 1 is 0.800 bits per heavy atom. The van der Waals surface area contributed by atoms with Crippen LogP contribution in [0.1, 0.15) is 84.5 Å². The minimum Gasteiger partial charge on any atom is -0.303 e. The standard InChI is InChI=1S/C18H36BrN/c1-3-18(4-2)12-16-20(17-13-18)15-11-9-7-5-6-8-10-14-19/h3-17H2,1-2H3. The lowest BCUT2D eigenvalue weighted by molar-refractivity contribution is 0.0942. The Morgan fingerprint density at radius 3 is 1.80 bits per heavy atom. The zero-order chi connectivity index (χ0) is 14.7. The molecule has 0 radical (unpaired) electrons. The predicted octanol–water partition coefficient (Wildman–Crippen LogP) is 6.01. The molecule has 20 heavy (non-hydrogen) atoms. The zero-order valence-electron chi connectivity index (χ0n) is 13.9. The molecule has 1 saturated heterocycles. The summed E-state index contributed by atoms with van der Waals surface area (Å²) in [5, 5.41) is 1.18. The molecule has 1 rings (SSSR count). The van der Waals surface area contributed by atoms with Crippen LogP contribution in [0.4, 0.5) is 0 Å². The van der Waals surface area contributed by atoms with Crippen molar-refractivity contribution in [1.29, 1.82) is 0 Å². The van der Waals surface area contributed by atoms with E-state index in [0.717, 1.165) is 0 Å². The van der Waals surface area contributed by atoms with Gasteiger partial charge in [-0.2, -0.15) is 0 Å². The average molecular weight is 346 g/mol. The second-order valence-electron chi connectivity index (χ2n) is 6.71. The summed E-state index contributed by atoms with van der Waals surface area (Å²) in [6, 6.07) is 0. The lowest BCUT2D eigenvalue weighted by Crippen LogP contribution is -2.39. The van der Waals surface area contributed by atoms with E-state index >= 15 is 0 Å². The van der Waals surface area contributed by atoms with Crippen LogP contribution in [0.25, 0.3) is 0 Å². The van der Waals surface area contributed by atoms with Gasteiger partial charge in [-0.25, -0.2) is 0 Å². The second-order valence-corrected chi connectivity index (χ2v) is 7.51. The van der Waals surface area contributed by atoms with Gasteiger partial charge in [-0.1, -0.05) is 74.7 Å². The minimum absolute atomic E-state index is 0.686. The number of hydrogen-bond donors (Lipinski definition) is 0. The van der Waals surface area contributed by atoms with Gasteiger partial charge in [0.25, 0.3) is 0 Å². The number of rotatable bonds is 11. The fourth-order valence-corrected chi connectivity index (χ4v) is 3.92. The Balaban J connectivity index is 1.96. The molecule has 0 N–H and O–H groups in total. The van der Waals surface area contributed by atoms with Crippen LogP contribution < -0.4 is 0 Å². The third-order valence-electron chi connectivity index (χ3n) is 5.52. The molecule has 0 unspecified atom stereocenters. The van der Waals surface area contributed by atoms with Gasteiger partial charge in [0.1, 0.15) is 0 Å². The zero-order valence-corrected chi connectivity index (χ0v) is 15.5. The largest absolute Gasteiger partial charge is 0.303 e. The molecule has 0 aromatic carbocycles. The van der Waals surface area contributed by atoms with Crippen molar-refractivity contribution in [2.24, 2.45) is 5.41 Å². The maximum atomic E-state index is 3.50. The van der Waals surface area contributed by atoms with Crippen molar-refractivity contribution >= 4 is 15.9 Å². The third kappa shape index (κ3) is 6.93. The van der Waals surface area contributed by atoms with E-state index in [0.29, 0.717) is 5.41 Å². The minimum atomic E-state index is 0.686. The van der Waals surface area contributed by atoms with E-state index in [2.05, 4.69) is 34.7 Å². The highest BCUT2D eigenvalue weighted by Gasteiger charge is 2.30. The van der Waals surface area contributed by atoms with Gasteiger partial charge in [0.2, 0.25) is 0 Å². The van der Waals surface area contributed by atoms with Crippen molar-refractivity contribution in [1.82, 2.24) is 4.90 Å². The van der Waals surface area contributed by atoms with Gasteiger partial charge in [0.05, 0.1) is 0 Å². The normalized spacial score (nSPS) is 19.4. The van der Waals surface area contributed by atoms with Crippen LogP contribution in [0.15, 0.2) is 0 Å². The van der Waals surface area contributed by atoms with Crippen LogP contribution in [0.5, 0.6) is 0 Å². The molecule has 0 spiro atoms. The average Bonchev–Trinajstić information content (AvgIpc) is 2.51. The number of piperidine rings is 1. The Kier molecular flexibility index (Phi) is 10.2. The molecular weight excluding hydrogens is 310 g/mol. The molecule has 0 amide bonds. The lowest BCUT2D eigenvalue weighted by atomic mass is 9.74. The number of alkyl halides is 1. The Hall–Kier alpha value is 0.440. The molecule has 0 bridgehead atoms. The molecular formula is C18H36BrN. The van der Waals surface area contributed by atoms with Crippen LogP contribution in [0.3, 0.4) is 0 Å². The SMILES string of the molecule is CCC1(CC)CCN(CCCCCCCCCBr)CC1. The Morgan fingerprint density at radius 2 is 1.30 bits per heavy atom. The Bertz CT molecular complexity index is 215. The first-order valence-corrected chi connectivity index (χ1v) is 10.2. The van der Waals surface area contributed by atoms with Gasteiger partial charge in [-0.3, -0.25) is 0 Å². The molecule has 1 heterocycles. The summed E-state index contributed by atoms with van der Waals surface area (Å²) in [4.78, 5) is 2.72. The highest BCUT2D eigenvalue weighted by Crippen LogP contribution is 2.37. The number of likely N-dealkylation sites (tertiary alicyclic amines) is 1. The number of nitrogens with zero attached hydrogens (tertiary/aromatic N) is 1. The van der Waals surface area contributed by atoms with Crippen molar-refractivity contribution in [3.05, 3.63) is 0 Å². The quantitative estimate of drug-likeness (QED) is 0.327. The van der Waals surface area contributed by atoms with Crippen molar-refractivity contribution in [2.75, 3.05) is 25.0 Å². The molecule has 1 fully saturated rings. The van der Waals surface area contributed by atoms with Gasteiger partial charge in [0, 0.05) is 5.33 Å². The first-order chi connectivity index (χ1) is 9.76. The first-order valence-electron chi connectivity index (χ1n) is 9.04. The van der Waals surface area contributed by atoms with Crippen molar-refractivity contribution in [3.63, 3.8) is 0 Å². The van der Waals surface area contributed by atoms with E-state index < -0.39 is 0 Å². The fraction of sp³-hybridized carbons (Fsp3) is 1.00. The summed E-state index contributed by atoms with van der Waals surface area (Å²) in [7, 11) is 0. The molecule has 0 saturated carbocycles. The topological polar surface area (TPSA) is 3.24 Å². The van der Waals surface area contributed by atoms with E-state index in [1.165, 1.54) is 95.6 Å². The molecule has 1 nitrogen and oxygen atoms in total. The first kappa shape index (κ1) is 18.5. The lowest BCUT2D eigenvalue weighted by Gasteiger charge is -2.41. The van der Waals surface area contributed by atoms with Gasteiger partial charge in [-0.05, 0) is 50.7 Å². The molecule has 1 aliphatic heterocycles. The molecule has 0 atom stereocenters. The highest BCUT2D eigenvalue weighted by molar-refractivity contribution is 9.09. The number of halogens is 1. The number of hydrogen-bond acceptors (Lipinski definition) is 1. The fourth-order valence-electron chi connectivity index (χ4n) is 3.52. The molecule has 1 aliphatic rings. The van der Waals surface area contributed by atoms with Crippen molar-refractivity contribution in [3.8, 4) is 0 Å². The van der Waals surface area contributed by atoms with Crippen LogP contribution in [-0.4, -0.2) is 29.9 Å². The van der Waals surface area contributed by atoms with Gasteiger partial charge >= 0.3 is 0 Å². The summed E-state index contributed by atoms with van der Waals surface area (Å²) >= 11 is 3.50. The summed E-state index contributed by atoms with van der Waals surface area (Å²) in [5.41, 5.74) is 0.686. The van der Waals surface area contributed by atoms with Crippen LogP contribution >= 0.6 is 15.9 Å². The van der Waals surface area contributed by atoms with E-state index in [1.807, 2.05) is 0 Å². The van der Waals surface area contributed by atoms with E-state index in [1.54, 1.807) is 0 Å². The highest BCUT2D eigenvalue weighted by atomic mass is 79.9. The van der Waals surface area contributed by atoms with E-state index in [-0.39, 0.29) is 0 Å². The maximum absolute atomic E-state index is 3.50. The van der Waals surface area contributed by atoms with E-state index in [9.17, 15) is 0 Å². The molecule has 2 heteroatoms. The summed E-state index contributed by atoms with van der Waals surface area (Å²) < 4.78 is 0. The van der Waals surface area contributed by atoms with Crippen molar-refractivity contribution in [2.45, 2.75) is 84.5 Å². The Labute approximate surface area is 136 Å². The van der Waals surface area contributed by atoms with Gasteiger partial charge in [-0.15, -0.1) is 0 Å². The van der Waals surface area contributed by atoms with Crippen LogP contribution in [0, 0.1) is 5.41 Å². The van der Waals surface area contributed by atoms with Gasteiger partial charge in [0.15, 0.2) is 0 Å². The van der Waals surface area contributed by atoms with Crippen LogP contribution in [-0.2, 0) is 0 Å². The predicted molar refractivity (Wildman–Crippen MR) is 94.8 cm³/mol. The molecule has 120 valence electrons. The molecule has 0 aromatic heterocycles. The third-order valence-corrected chi connectivity index (χ3v) is 6.09. The van der Waals surface area contributed by atoms with Crippen molar-refractivity contribution < 1.29 is 0 Å². The second kappa shape index (κ2) is 11.1. The summed E-state index contributed by atoms with van der Waals surface area (Å²) in [6.45, 7) is 8.83. The monoisotopic (exact) mass is 345 g/mol. The summed E-state index contributed by atoms with van der Waals surface area (Å²) in [6.07, 6.45) is 15.6. The molecule has 0 aromatic rings. The molecule has 0 aliphatic carbocycles. The van der Waals surface area contributed by atoms with Gasteiger partial charge < -0.3 is 4.90 Å². The smallest absolute Gasteiger partial charge is 0.00313 e.